The smallest absolute Gasteiger partial charge is 0.326 e. The predicted octanol–water partition coefficient (Wildman–Crippen LogP) is -0.100. The van der Waals surface area contributed by atoms with E-state index in [-0.39, 0.29) is 19.0 Å². The minimum atomic E-state index is -1.05. The van der Waals surface area contributed by atoms with Crippen molar-refractivity contribution in [2.24, 2.45) is 5.92 Å². The van der Waals surface area contributed by atoms with E-state index in [0.29, 0.717) is 12.5 Å². The molecule has 2 aliphatic heterocycles. The third-order valence-electron chi connectivity index (χ3n) is 4.51. The van der Waals surface area contributed by atoms with E-state index in [0.717, 1.165) is 25.9 Å². The number of nitrogens with zero attached hydrogens (tertiary/aromatic N) is 3. The molecule has 7 nitrogen and oxygen atoms in total. The van der Waals surface area contributed by atoms with Crippen molar-refractivity contribution in [3.8, 4) is 0 Å². The van der Waals surface area contributed by atoms with Gasteiger partial charge < -0.3 is 24.9 Å². The van der Waals surface area contributed by atoms with E-state index in [2.05, 4.69) is 11.9 Å². The maximum absolute atomic E-state index is 12.4. The van der Waals surface area contributed by atoms with Crippen molar-refractivity contribution in [3.05, 3.63) is 0 Å². The summed E-state index contributed by atoms with van der Waals surface area (Å²) >= 11 is 0. The van der Waals surface area contributed by atoms with E-state index in [9.17, 15) is 14.7 Å². The Morgan fingerprint density at radius 1 is 1.29 bits per heavy atom. The average Bonchev–Trinajstić information content (AvgIpc) is 2.82. The molecule has 2 fully saturated rings. The summed E-state index contributed by atoms with van der Waals surface area (Å²) in [6, 6.07) is -1.20. The van der Waals surface area contributed by atoms with Crippen molar-refractivity contribution in [2.75, 3.05) is 40.3 Å². The third kappa shape index (κ3) is 3.85. The van der Waals surface area contributed by atoms with Crippen LogP contribution in [0, 0.1) is 5.92 Å². The number of hydrogen-bond donors (Lipinski definition) is 2. The van der Waals surface area contributed by atoms with Gasteiger partial charge in [-0.25, -0.2) is 9.59 Å². The van der Waals surface area contributed by atoms with Crippen LogP contribution < -0.4 is 0 Å². The van der Waals surface area contributed by atoms with E-state index in [1.807, 2.05) is 0 Å². The second kappa shape index (κ2) is 6.62. The van der Waals surface area contributed by atoms with Gasteiger partial charge in [-0.2, -0.15) is 0 Å². The number of carbonyl (C=O) groups excluding carboxylic acids is 1. The summed E-state index contributed by atoms with van der Waals surface area (Å²) < 4.78 is 0. The van der Waals surface area contributed by atoms with Crippen molar-refractivity contribution >= 4 is 12.0 Å². The second-order valence-electron chi connectivity index (χ2n) is 6.31. The van der Waals surface area contributed by atoms with Crippen LogP contribution in [0.5, 0.6) is 0 Å². The summed E-state index contributed by atoms with van der Waals surface area (Å²) in [6.45, 7) is 2.82. The molecule has 21 heavy (non-hydrogen) atoms. The zero-order chi connectivity index (χ0) is 15.6. The third-order valence-corrected chi connectivity index (χ3v) is 4.51. The van der Waals surface area contributed by atoms with Gasteiger partial charge in [-0.15, -0.1) is 0 Å². The van der Waals surface area contributed by atoms with Crippen LogP contribution in [0.3, 0.4) is 0 Å². The number of likely N-dealkylation sites (tertiary alicyclic amines) is 2. The number of urea groups is 1. The molecule has 2 saturated heterocycles. The number of amides is 2. The summed E-state index contributed by atoms with van der Waals surface area (Å²) in [5.74, 6) is -0.585. The number of carboxylic acids is 1. The van der Waals surface area contributed by atoms with E-state index in [4.69, 9.17) is 5.11 Å². The molecule has 2 heterocycles. The van der Waals surface area contributed by atoms with Crippen LogP contribution in [0.25, 0.3) is 0 Å². The Morgan fingerprint density at radius 3 is 2.48 bits per heavy atom. The molecule has 2 atom stereocenters. The molecule has 2 aliphatic rings. The van der Waals surface area contributed by atoms with Crippen LogP contribution in [0.15, 0.2) is 0 Å². The zero-order valence-corrected chi connectivity index (χ0v) is 12.7. The number of aliphatic hydroxyl groups is 1. The first kappa shape index (κ1) is 16.0. The van der Waals surface area contributed by atoms with Crippen LogP contribution in [0.4, 0.5) is 4.79 Å². The second-order valence-corrected chi connectivity index (χ2v) is 6.31. The monoisotopic (exact) mass is 299 g/mol. The number of rotatable bonds is 3. The maximum atomic E-state index is 12.4. The van der Waals surface area contributed by atoms with Gasteiger partial charge in [0.1, 0.15) is 6.04 Å². The first-order valence-electron chi connectivity index (χ1n) is 7.49. The number of hydrogen-bond acceptors (Lipinski definition) is 4. The highest BCUT2D eigenvalue weighted by Crippen LogP contribution is 2.22. The first-order valence-corrected chi connectivity index (χ1v) is 7.49. The van der Waals surface area contributed by atoms with Crippen LogP contribution in [0.2, 0.25) is 0 Å². The highest BCUT2D eigenvalue weighted by atomic mass is 16.4. The number of aliphatic carboxylic acids is 1. The standard InChI is InChI=1S/C14H25N3O4/c1-15-5-3-10(4-6-15)8-16(2)14(21)17-9-11(18)7-12(17)13(19)20/h10-12,18H,3-9H2,1-2H3,(H,19,20)/t11-,12-/m1/s1. The lowest BCUT2D eigenvalue weighted by Gasteiger charge is -2.33. The lowest BCUT2D eigenvalue weighted by Crippen LogP contribution is -2.48. The fraction of sp³-hybridized carbons (Fsp3) is 0.857. The molecule has 2 rings (SSSR count). The Kier molecular flexibility index (Phi) is 5.05. The van der Waals surface area contributed by atoms with E-state index in [1.165, 1.54) is 4.90 Å². The number of aliphatic hydroxyl groups excluding tert-OH is 1. The molecule has 7 heteroatoms. The summed E-state index contributed by atoms with van der Waals surface area (Å²) in [7, 11) is 3.80. The highest BCUT2D eigenvalue weighted by molar-refractivity contribution is 5.83. The Bertz CT molecular complexity index is 396. The molecule has 2 amide bonds. The van der Waals surface area contributed by atoms with Crippen molar-refractivity contribution in [2.45, 2.75) is 31.4 Å². The molecular weight excluding hydrogens is 274 g/mol. The van der Waals surface area contributed by atoms with Gasteiger partial charge in [-0.05, 0) is 38.9 Å². The number of carboxylic acid groups (broad SMARTS) is 1. The zero-order valence-electron chi connectivity index (χ0n) is 12.7. The Labute approximate surface area is 125 Å². The summed E-state index contributed by atoms with van der Waals surface area (Å²) in [5.41, 5.74) is 0. The first-order chi connectivity index (χ1) is 9.88. The molecular formula is C14H25N3O4. The minimum absolute atomic E-state index is 0.105. The van der Waals surface area contributed by atoms with E-state index in [1.54, 1.807) is 11.9 Å². The average molecular weight is 299 g/mol. The van der Waals surface area contributed by atoms with Gasteiger partial charge in [0.2, 0.25) is 0 Å². The summed E-state index contributed by atoms with van der Waals surface area (Å²) in [4.78, 5) is 28.7. The molecule has 0 aromatic rings. The van der Waals surface area contributed by atoms with Crippen molar-refractivity contribution < 1.29 is 19.8 Å². The van der Waals surface area contributed by atoms with Crippen LogP contribution in [-0.2, 0) is 4.79 Å². The molecule has 0 radical (unpaired) electrons. The van der Waals surface area contributed by atoms with Gasteiger partial charge in [0.25, 0.3) is 0 Å². The lowest BCUT2D eigenvalue weighted by molar-refractivity contribution is -0.141. The molecule has 0 unspecified atom stereocenters. The van der Waals surface area contributed by atoms with Gasteiger partial charge in [-0.3, -0.25) is 0 Å². The molecule has 0 spiro atoms. The quantitative estimate of drug-likeness (QED) is 0.760. The van der Waals surface area contributed by atoms with Crippen molar-refractivity contribution in [1.29, 1.82) is 0 Å². The number of piperidine rings is 1. The summed E-state index contributed by atoms with van der Waals surface area (Å²) in [6.07, 6.45) is 1.48. The predicted molar refractivity (Wildman–Crippen MR) is 77.0 cm³/mol. The highest BCUT2D eigenvalue weighted by Gasteiger charge is 2.40. The van der Waals surface area contributed by atoms with Crippen molar-refractivity contribution in [3.63, 3.8) is 0 Å². The molecule has 0 bridgehead atoms. The molecule has 0 aromatic heterocycles. The fourth-order valence-corrected chi connectivity index (χ4v) is 3.19. The van der Waals surface area contributed by atoms with Gasteiger partial charge in [0.15, 0.2) is 0 Å². The summed E-state index contributed by atoms with van der Waals surface area (Å²) in [5, 5.41) is 18.8. The fourth-order valence-electron chi connectivity index (χ4n) is 3.19. The SMILES string of the molecule is CN1CCC(CN(C)C(=O)N2C[C@H](O)C[C@@H]2C(=O)O)CC1. The van der Waals surface area contributed by atoms with Gasteiger partial charge in [0.05, 0.1) is 6.10 Å². The van der Waals surface area contributed by atoms with Crippen molar-refractivity contribution in [1.82, 2.24) is 14.7 Å². The number of β-amino-alcohol motifs (C(OH)–C–C–N with tert-alkyl or cyclic N) is 1. The van der Waals surface area contributed by atoms with E-state index < -0.39 is 18.1 Å². The Hall–Kier alpha value is -1.34. The molecule has 0 saturated carbocycles. The minimum Gasteiger partial charge on any atom is -0.480 e. The molecule has 120 valence electrons. The van der Waals surface area contributed by atoms with Gasteiger partial charge >= 0.3 is 12.0 Å². The molecule has 0 aromatic carbocycles. The topological polar surface area (TPSA) is 84.3 Å². The lowest BCUT2D eigenvalue weighted by atomic mass is 9.97. The maximum Gasteiger partial charge on any atom is 0.326 e. The van der Waals surface area contributed by atoms with Gasteiger partial charge in [-0.1, -0.05) is 0 Å². The Morgan fingerprint density at radius 2 is 1.90 bits per heavy atom. The Balaban J connectivity index is 1.91. The number of carbonyl (C=O) groups is 2. The molecule has 2 N–H and O–H groups in total. The van der Waals surface area contributed by atoms with Crippen LogP contribution in [0.1, 0.15) is 19.3 Å². The van der Waals surface area contributed by atoms with Gasteiger partial charge in [0, 0.05) is 26.6 Å². The molecule has 0 aliphatic carbocycles. The van der Waals surface area contributed by atoms with E-state index >= 15 is 0 Å². The largest absolute Gasteiger partial charge is 0.480 e. The van der Waals surface area contributed by atoms with Crippen LogP contribution >= 0.6 is 0 Å². The normalized spacial score (nSPS) is 27.9. The van der Waals surface area contributed by atoms with Crippen LogP contribution in [-0.4, -0.2) is 89.3 Å².